The highest BCUT2D eigenvalue weighted by Gasteiger charge is 2.31. The first-order valence-corrected chi connectivity index (χ1v) is 6.25. The molecule has 0 aliphatic carbocycles. The van der Waals surface area contributed by atoms with Crippen molar-refractivity contribution in [2.24, 2.45) is 16.8 Å². The molecule has 0 aromatic heterocycles. The summed E-state index contributed by atoms with van der Waals surface area (Å²) in [5, 5.41) is 13.8. The normalized spacial score (nSPS) is 13.8. The van der Waals surface area contributed by atoms with Crippen LogP contribution < -0.4 is 11.1 Å². The average molecular weight is 303 g/mol. The fourth-order valence-corrected chi connectivity index (χ4v) is 1.77. The molecule has 8 heteroatoms. The second kappa shape index (κ2) is 6.96. The van der Waals surface area contributed by atoms with Crippen LogP contribution in [0, 0.1) is 5.92 Å². The molecular weight excluding hydrogens is 287 g/mol. The number of alkyl halides is 3. The minimum atomic E-state index is -4.49. The number of rotatable bonds is 5. The Morgan fingerprint density at radius 2 is 2.14 bits per heavy atom. The maximum atomic E-state index is 12.6. The molecule has 0 saturated carbocycles. The molecule has 1 amide bonds. The highest BCUT2D eigenvalue weighted by atomic mass is 19.4. The number of amides is 1. The van der Waals surface area contributed by atoms with Crippen molar-refractivity contribution in [3.63, 3.8) is 0 Å². The summed E-state index contributed by atoms with van der Waals surface area (Å²) >= 11 is 0. The lowest BCUT2D eigenvalue weighted by atomic mass is 10.0. The highest BCUT2D eigenvalue weighted by Crippen LogP contribution is 2.30. The maximum Gasteiger partial charge on any atom is 0.416 e. The van der Waals surface area contributed by atoms with Gasteiger partial charge >= 0.3 is 6.18 Å². The van der Waals surface area contributed by atoms with Crippen molar-refractivity contribution in [2.45, 2.75) is 25.9 Å². The Morgan fingerprint density at radius 3 is 2.67 bits per heavy atom. The third kappa shape index (κ3) is 4.66. The van der Waals surface area contributed by atoms with E-state index in [4.69, 9.17) is 10.9 Å². The van der Waals surface area contributed by atoms with E-state index in [1.165, 1.54) is 12.1 Å². The summed E-state index contributed by atoms with van der Waals surface area (Å²) in [6, 6.07) is 4.26. The van der Waals surface area contributed by atoms with Crippen LogP contribution in [0.5, 0.6) is 0 Å². The number of amidine groups is 1. The smallest absolute Gasteiger partial charge is 0.409 e. The van der Waals surface area contributed by atoms with Gasteiger partial charge in [0.25, 0.3) is 0 Å². The fraction of sp³-hybridized carbons (Fsp3) is 0.385. The molecule has 1 atom stereocenters. The first kappa shape index (κ1) is 16.8. The highest BCUT2D eigenvalue weighted by molar-refractivity contribution is 6.07. The molecule has 116 valence electrons. The number of carbonyl (C=O) groups is 1. The van der Waals surface area contributed by atoms with Crippen molar-refractivity contribution in [3.05, 3.63) is 29.8 Å². The van der Waals surface area contributed by atoms with Crippen molar-refractivity contribution < 1.29 is 23.2 Å². The number of anilines is 1. The number of carbonyl (C=O) groups excluding carboxylic acids is 1. The lowest BCUT2D eigenvalue weighted by Crippen LogP contribution is -2.34. The Morgan fingerprint density at radius 1 is 1.48 bits per heavy atom. The van der Waals surface area contributed by atoms with E-state index >= 15 is 0 Å². The Hall–Kier alpha value is -2.25. The van der Waals surface area contributed by atoms with Crippen molar-refractivity contribution in [1.82, 2.24) is 0 Å². The average Bonchev–Trinajstić information content (AvgIpc) is 2.43. The van der Waals surface area contributed by atoms with E-state index in [1.54, 1.807) is 6.92 Å². The van der Waals surface area contributed by atoms with Crippen LogP contribution in [0.25, 0.3) is 0 Å². The van der Waals surface area contributed by atoms with Gasteiger partial charge in [-0.1, -0.05) is 24.6 Å². The van der Waals surface area contributed by atoms with Crippen LogP contribution in [-0.2, 0) is 11.0 Å². The van der Waals surface area contributed by atoms with Crippen molar-refractivity contribution in [3.8, 4) is 0 Å². The predicted octanol–water partition coefficient (Wildman–Crippen LogP) is 2.81. The molecule has 1 aromatic carbocycles. The summed E-state index contributed by atoms with van der Waals surface area (Å²) < 4.78 is 37.7. The van der Waals surface area contributed by atoms with Gasteiger partial charge in [-0.2, -0.15) is 13.2 Å². The van der Waals surface area contributed by atoms with E-state index < -0.39 is 23.6 Å². The molecule has 0 bridgehead atoms. The fourth-order valence-electron chi connectivity index (χ4n) is 1.77. The summed E-state index contributed by atoms with van der Waals surface area (Å²) in [6.07, 6.45) is -3.58. The number of nitrogens with two attached hydrogens (primary N) is 1. The van der Waals surface area contributed by atoms with Gasteiger partial charge in [-0.3, -0.25) is 4.79 Å². The van der Waals surface area contributed by atoms with Gasteiger partial charge in [-0.05, 0) is 24.6 Å². The van der Waals surface area contributed by atoms with Gasteiger partial charge in [0.05, 0.1) is 11.5 Å². The minimum Gasteiger partial charge on any atom is -0.409 e. The van der Waals surface area contributed by atoms with Gasteiger partial charge in [0, 0.05) is 5.69 Å². The lowest BCUT2D eigenvalue weighted by molar-refractivity contribution is -0.137. The molecule has 5 nitrogen and oxygen atoms in total. The predicted molar refractivity (Wildman–Crippen MR) is 71.9 cm³/mol. The molecule has 0 fully saturated rings. The SMILES string of the molecule is CCCC(C(=O)Nc1cccc(C(F)(F)F)c1)C(N)=NO. The largest absolute Gasteiger partial charge is 0.416 e. The first-order valence-electron chi connectivity index (χ1n) is 6.25. The Labute approximate surface area is 119 Å². The van der Waals surface area contributed by atoms with Gasteiger partial charge in [0.1, 0.15) is 0 Å². The van der Waals surface area contributed by atoms with E-state index in [0.29, 0.717) is 12.8 Å². The number of benzene rings is 1. The van der Waals surface area contributed by atoms with Crippen LogP contribution in [0.4, 0.5) is 18.9 Å². The van der Waals surface area contributed by atoms with Crippen molar-refractivity contribution >= 4 is 17.4 Å². The summed E-state index contributed by atoms with van der Waals surface area (Å²) in [6.45, 7) is 1.80. The quantitative estimate of drug-likeness (QED) is 0.338. The number of halogens is 3. The van der Waals surface area contributed by atoms with E-state index in [-0.39, 0.29) is 11.5 Å². The summed E-state index contributed by atoms with van der Waals surface area (Å²) in [5.74, 6) is -1.79. The van der Waals surface area contributed by atoms with Crippen molar-refractivity contribution in [2.75, 3.05) is 5.32 Å². The minimum absolute atomic E-state index is 0.00154. The molecular formula is C13H16F3N3O2. The molecule has 0 aliphatic heterocycles. The van der Waals surface area contributed by atoms with Gasteiger partial charge in [0.2, 0.25) is 5.91 Å². The maximum absolute atomic E-state index is 12.6. The third-order valence-electron chi connectivity index (χ3n) is 2.82. The van der Waals surface area contributed by atoms with E-state index in [0.717, 1.165) is 12.1 Å². The number of oxime groups is 1. The van der Waals surface area contributed by atoms with Gasteiger partial charge < -0.3 is 16.3 Å². The van der Waals surface area contributed by atoms with Crippen molar-refractivity contribution in [1.29, 1.82) is 0 Å². The molecule has 0 radical (unpaired) electrons. The zero-order valence-electron chi connectivity index (χ0n) is 11.3. The molecule has 0 aliphatic rings. The van der Waals surface area contributed by atoms with Crippen LogP contribution in [0.2, 0.25) is 0 Å². The molecule has 21 heavy (non-hydrogen) atoms. The number of nitrogens with one attached hydrogen (secondary N) is 1. The summed E-state index contributed by atoms with van der Waals surface area (Å²) in [7, 11) is 0. The zero-order chi connectivity index (χ0) is 16.0. The molecule has 0 heterocycles. The summed E-state index contributed by atoms with van der Waals surface area (Å²) in [5.41, 5.74) is 4.55. The number of hydrogen-bond acceptors (Lipinski definition) is 3. The Balaban J connectivity index is 2.91. The standard InChI is InChI=1S/C13H16F3N3O2/c1-2-4-10(11(17)19-21)12(20)18-9-6-3-5-8(7-9)13(14,15)16/h3,5-7,10,21H,2,4H2,1H3,(H2,17,19)(H,18,20). The lowest BCUT2D eigenvalue weighted by Gasteiger charge is -2.15. The van der Waals surface area contributed by atoms with E-state index in [2.05, 4.69) is 10.5 Å². The molecule has 1 rings (SSSR count). The Bertz CT molecular complexity index is 530. The van der Waals surface area contributed by atoms with Gasteiger partial charge in [-0.15, -0.1) is 0 Å². The van der Waals surface area contributed by atoms with Crippen LogP contribution in [0.15, 0.2) is 29.4 Å². The topological polar surface area (TPSA) is 87.7 Å². The van der Waals surface area contributed by atoms with E-state index in [9.17, 15) is 18.0 Å². The molecule has 1 aromatic rings. The molecule has 0 saturated heterocycles. The first-order chi connectivity index (χ1) is 9.79. The second-order valence-electron chi connectivity index (χ2n) is 4.43. The van der Waals surface area contributed by atoms with Gasteiger partial charge in [0.15, 0.2) is 5.84 Å². The number of nitrogens with zero attached hydrogens (tertiary/aromatic N) is 1. The third-order valence-corrected chi connectivity index (χ3v) is 2.82. The van der Waals surface area contributed by atoms with Crippen LogP contribution >= 0.6 is 0 Å². The van der Waals surface area contributed by atoms with Crippen LogP contribution in [0.3, 0.4) is 0 Å². The molecule has 4 N–H and O–H groups in total. The number of hydrogen-bond donors (Lipinski definition) is 3. The second-order valence-corrected chi connectivity index (χ2v) is 4.43. The van der Waals surface area contributed by atoms with E-state index in [1.807, 2.05) is 0 Å². The zero-order valence-corrected chi connectivity index (χ0v) is 11.3. The summed E-state index contributed by atoms with van der Waals surface area (Å²) in [4.78, 5) is 12.0. The van der Waals surface area contributed by atoms with Crippen LogP contribution in [-0.4, -0.2) is 17.0 Å². The van der Waals surface area contributed by atoms with Gasteiger partial charge in [-0.25, -0.2) is 0 Å². The Kier molecular flexibility index (Phi) is 5.57. The molecule has 1 unspecified atom stereocenters. The monoisotopic (exact) mass is 303 g/mol. The molecule has 0 spiro atoms. The van der Waals surface area contributed by atoms with Crippen LogP contribution in [0.1, 0.15) is 25.3 Å².